The molecule has 0 heterocycles. The Kier molecular flexibility index (Phi) is 7.44. The molecule has 2 amide bonds. The Balaban J connectivity index is 2.18. The molecule has 0 spiro atoms. The molecule has 0 radical (unpaired) electrons. The van der Waals surface area contributed by atoms with E-state index in [2.05, 4.69) is 0 Å². The van der Waals surface area contributed by atoms with E-state index in [9.17, 15) is 9.59 Å². The Hall–Kier alpha value is -3.02. The van der Waals surface area contributed by atoms with Gasteiger partial charge in [0.1, 0.15) is 6.54 Å². The van der Waals surface area contributed by atoms with Gasteiger partial charge in [-0.1, -0.05) is 18.2 Å². The third-order valence-electron chi connectivity index (χ3n) is 4.52. The molecule has 0 unspecified atom stereocenters. The molecule has 6 heteroatoms. The zero-order chi connectivity index (χ0) is 20.7. The average molecular weight is 384 g/mol. The molecule has 2 aromatic carbocycles. The molecular weight excluding hydrogens is 356 g/mol. The molecule has 0 fully saturated rings. The molecule has 150 valence electrons. The Morgan fingerprint density at radius 1 is 1.00 bits per heavy atom. The molecule has 0 atom stereocenters. The molecule has 28 heavy (non-hydrogen) atoms. The first-order valence-electron chi connectivity index (χ1n) is 9.23. The predicted octanol–water partition coefficient (Wildman–Crippen LogP) is 3.41. The summed E-state index contributed by atoms with van der Waals surface area (Å²) >= 11 is 0. The van der Waals surface area contributed by atoms with Crippen molar-refractivity contribution in [1.29, 1.82) is 0 Å². The molecule has 0 aromatic heterocycles. The van der Waals surface area contributed by atoms with Gasteiger partial charge in [0.25, 0.3) is 0 Å². The lowest BCUT2D eigenvalue weighted by Crippen LogP contribution is -2.42. The van der Waals surface area contributed by atoms with Gasteiger partial charge in [-0.05, 0) is 49.2 Å². The van der Waals surface area contributed by atoms with Crippen LogP contribution in [-0.2, 0) is 16.1 Å². The number of ether oxygens (including phenoxy) is 2. The zero-order valence-electron chi connectivity index (χ0n) is 17.2. The van der Waals surface area contributed by atoms with E-state index in [1.54, 1.807) is 25.2 Å². The van der Waals surface area contributed by atoms with Gasteiger partial charge in [0.05, 0.1) is 14.2 Å². The average Bonchev–Trinajstić information content (AvgIpc) is 2.67. The highest BCUT2D eigenvalue weighted by atomic mass is 16.5. The number of amides is 2. The van der Waals surface area contributed by atoms with Gasteiger partial charge in [0.15, 0.2) is 11.5 Å². The van der Waals surface area contributed by atoms with Crippen LogP contribution in [0.3, 0.4) is 0 Å². The normalized spacial score (nSPS) is 10.3. The van der Waals surface area contributed by atoms with Crippen LogP contribution in [0, 0.1) is 6.92 Å². The molecule has 2 aromatic rings. The highest BCUT2D eigenvalue weighted by Gasteiger charge is 2.20. The van der Waals surface area contributed by atoms with Gasteiger partial charge in [0, 0.05) is 25.7 Å². The summed E-state index contributed by atoms with van der Waals surface area (Å²) in [6.45, 7) is 6.23. The van der Waals surface area contributed by atoms with E-state index in [0.717, 1.165) is 16.8 Å². The Bertz CT molecular complexity index is 835. The van der Waals surface area contributed by atoms with E-state index in [1.807, 2.05) is 50.2 Å². The first kappa shape index (κ1) is 21.3. The minimum atomic E-state index is -0.163. The quantitative estimate of drug-likeness (QED) is 0.700. The summed E-state index contributed by atoms with van der Waals surface area (Å²) in [4.78, 5) is 28.3. The second-order valence-electron chi connectivity index (χ2n) is 6.54. The monoisotopic (exact) mass is 384 g/mol. The standard InChI is InChI=1S/C22H28N2O4/c1-6-24(19-9-7-8-16(2)12-19)22(26)15-23(17(3)25)14-18-10-11-20(27-4)21(13-18)28-5/h7-13H,6,14-15H2,1-5H3. The largest absolute Gasteiger partial charge is 0.493 e. The van der Waals surface area contributed by atoms with Crippen LogP contribution in [0.4, 0.5) is 5.69 Å². The maximum absolute atomic E-state index is 12.9. The summed E-state index contributed by atoms with van der Waals surface area (Å²) in [7, 11) is 3.14. The number of hydrogen-bond acceptors (Lipinski definition) is 4. The van der Waals surface area contributed by atoms with Crippen LogP contribution in [0.5, 0.6) is 11.5 Å². The Morgan fingerprint density at radius 2 is 1.71 bits per heavy atom. The molecule has 0 aliphatic carbocycles. The number of methoxy groups -OCH3 is 2. The van der Waals surface area contributed by atoms with E-state index >= 15 is 0 Å². The van der Waals surface area contributed by atoms with Crippen molar-refractivity contribution in [3.63, 3.8) is 0 Å². The van der Waals surface area contributed by atoms with Crippen molar-refractivity contribution in [2.45, 2.75) is 27.3 Å². The third kappa shape index (κ3) is 5.25. The third-order valence-corrected chi connectivity index (χ3v) is 4.52. The van der Waals surface area contributed by atoms with Crippen molar-refractivity contribution < 1.29 is 19.1 Å². The van der Waals surface area contributed by atoms with Crippen molar-refractivity contribution >= 4 is 17.5 Å². The van der Waals surface area contributed by atoms with E-state index in [4.69, 9.17) is 9.47 Å². The second-order valence-corrected chi connectivity index (χ2v) is 6.54. The minimum Gasteiger partial charge on any atom is -0.493 e. The van der Waals surface area contributed by atoms with Gasteiger partial charge in [-0.25, -0.2) is 0 Å². The first-order chi connectivity index (χ1) is 13.4. The van der Waals surface area contributed by atoms with Crippen molar-refractivity contribution in [1.82, 2.24) is 4.90 Å². The number of carbonyl (C=O) groups excluding carboxylic acids is 2. The van der Waals surface area contributed by atoms with Crippen LogP contribution >= 0.6 is 0 Å². The predicted molar refractivity (Wildman–Crippen MR) is 110 cm³/mol. The molecule has 0 aliphatic heterocycles. The summed E-state index contributed by atoms with van der Waals surface area (Å²) in [6.07, 6.45) is 0. The van der Waals surface area contributed by atoms with Crippen molar-refractivity contribution in [2.75, 3.05) is 32.2 Å². The number of anilines is 1. The number of nitrogens with zero attached hydrogens (tertiary/aromatic N) is 2. The minimum absolute atomic E-state index is 0.00542. The number of benzene rings is 2. The van der Waals surface area contributed by atoms with E-state index in [1.165, 1.54) is 11.8 Å². The van der Waals surface area contributed by atoms with Gasteiger partial charge in [-0.2, -0.15) is 0 Å². The van der Waals surface area contributed by atoms with Crippen molar-refractivity contribution in [3.05, 3.63) is 53.6 Å². The number of carbonyl (C=O) groups is 2. The summed E-state index contributed by atoms with van der Waals surface area (Å²) in [5.74, 6) is 0.922. The molecule has 0 aliphatic rings. The van der Waals surface area contributed by atoms with Crippen molar-refractivity contribution in [3.8, 4) is 11.5 Å². The van der Waals surface area contributed by atoms with Crippen LogP contribution in [0.2, 0.25) is 0 Å². The molecule has 0 bridgehead atoms. The fourth-order valence-corrected chi connectivity index (χ4v) is 3.03. The van der Waals surface area contributed by atoms with Gasteiger partial charge in [0.2, 0.25) is 11.8 Å². The maximum Gasteiger partial charge on any atom is 0.246 e. The van der Waals surface area contributed by atoms with Crippen molar-refractivity contribution in [2.24, 2.45) is 0 Å². The fraction of sp³-hybridized carbons (Fsp3) is 0.364. The zero-order valence-corrected chi connectivity index (χ0v) is 17.2. The highest BCUT2D eigenvalue weighted by molar-refractivity contribution is 5.96. The second kappa shape index (κ2) is 9.78. The van der Waals surface area contributed by atoms with Gasteiger partial charge in [-0.15, -0.1) is 0 Å². The SMILES string of the molecule is CCN(C(=O)CN(Cc1ccc(OC)c(OC)c1)C(C)=O)c1cccc(C)c1. The van der Waals surface area contributed by atoms with Gasteiger partial charge >= 0.3 is 0 Å². The van der Waals surface area contributed by atoms with Gasteiger partial charge < -0.3 is 19.3 Å². The lowest BCUT2D eigenvalue weighted by molar-refractivity contribution is -0.134. The smallest absolute Gasteiger partial charge is 0.246 e. The number of likely N-dealkylation sites (N-methyl/N-ethyl adjacent to an activating group) is 1. The van der Waals surface area contributed by atoms with Gasteiger partial charge in [-0.3, -0.25) is 9.59 Å². The number of rotatable bonds is 8. The van der Waals surface area contributed by atoms with Crippen LogP contribution < -0.4 is 14.4 Å². The number of hydrogen-bond donors (Lipinski definition) is 0. The molecule has 2 rings (SSSR count). The van der Waals surface area contributed by atoms with E-state index < -0.39 is 0 Å². The Labute approximate surface area is 166 Å². The molecule has 0 N–H and O–H groups in total. The van der Waals surface area contributed by atoms with Crippen LogP contribution in [0.1, 0.15) is 25.0 Å². The lowest BCUT2D eigenvalue weighted by atomic mass is 10.1. The van der Waals surface area contributed by atoms with E-state index in [0.29, 0.717) is 24.6 Å². The Morgan fingerprint density at radius 3 is 2.29 bits per heavy atom. The summed E-state index contributed by atoms with van der Waals surface area (Å²) < 4.78 is 10.6. The lowest BCUT2D eigenvalue weighted by Gasteiger charge is -2.26. The summed E-state index contributed by atoms with van der Waals surface area (Å²) in [5.41, 5.74) is 2.78. The number of aryl methyl sites for hydroxylation is 1. The first-order valence-corrected chi connectivity index (χ1v) is 9.23. The van der Waals surface area contributed by atoms with Crippen LogP contribution in [0.15, 0.2) is 42.5 Å². The highest BCUT2D eigenvalue weighted by Crippen LogP contribution is 2.28. The molecule has 0 saturated heterocycles. The molecule has 6 nitrogen and oxygen atoms in total. The molecular formula is C22H28N2O4. The molecule has 0 saturated carbocycles. The van der Waals surface area contributed by atoms with Crippen LogP contribution in [-0.4, -0.2) is 44.0 Å². The van der Waals surface area contributed by atoms with Crippen LogP contribution in [0.25, 0.3) is 0 Å². The fourth-order valence-electron chi connectivity index (χ4n) is 3.03. The topological polar surface area (TPSA) is 59.1 Å². The van der Waals surface area contributed by atoms with E-state index in [-0.39, 0.29) is 18.4 Å². The maximum atomic E-state index is 12.9. The summed E-state index contributed by atoms with van der Waals surface area (Å²) in [5, 5.41) is 0. The summed E-state index contributed by atoms with van der Waals surface area (Å²) in [6, 6.07) is 13.2.